The van der Waals surface area contributed by atoms with Gasteiger partial charge in [-0.1, -0.05) is 20.8 Å². The van der Waals surface area contributed by atoms with Crippen molar-refractivity contribution < 1.29 is 43.5 Å². The SMILES string of the molecule is C[C@@H]1C(=O)O[C@H]2CC34[C@H]5C[C@@H](C(C)(C)C)C36[C@H](OC(=O)[C@@H]6O)O[C@@]4(C(=O)O5)[C@]21O. The quantitative estimate of drug-likeness (QED) is 0.408. The van der Waals surface area contributed by atoms with Crippen LogP contribution in [-0.4, -0.2) is 63.9 Å². The van der Waals surface area contributed by atoms with E-state index < -0.39 is 70.5 Å². The molecule has 2 saturated carbocycles. The number of aliphatic hydroxyl groups is 2. The molecule has 6 fully saturated rings. The monoisotopic (exact) mass is 408 g/mol. The van der Waals surface area contributed by atoms with Gasteiger partial charge in [0.15, 0.2) is 11.7 Å². The van der Waals surface area contributed by atoms with Crippen molar-refractivity contribution in [1.82, 2.24) is 0 Å². The van der Waals surface area contributed by atoms with Gasteiger partial charge >= 0.3 is 17.9 Å². The first-order valence-electron chi connectivity index (χ1n) is 10.1. The lowest BCUT2D eigenvalue weighted by Gasteiger charge is -2.46. The first-order chi connectivity index (χ1) is 13.4. The molecule has 6 aliphatic rings. The summed E-state index contributed by atoms with van der Waals surface area (Å²) in [5, 5.41) is 23.0. The van der Waals surface area contributed by atoms with Crippen molar-refractivity contribution in [3.63, 3.8) is 0 Å². The normalized spacial score (nSPS) is 59.2. The van der Waals surface area contributed by atoms with Gasteiger partial charge in [-0.15, -0.1) is 0 Å². The molecule has 0 amide bonds. The fourth-order valence-corrected chi connectivity index (χ4v) is 8.06. The van der Waals surface area contributed by atoms with E-state index in [4.69, 9.17) is 18.9 Å². The molecule has 29 heavy (non-hydrogen) atoms. The van der Waals surface area contributed by atoms with Crippen LogP contribution in [0.5, 0.6) is 0 Å². The molecule has 6 rings (SSSR count). The zero-order valence-corrected chi connectivity index (χ0v) is 16.6. The zero-order chi connectivity index (χ0) is 20.9. The molecule has 158 valence electrons. The van der Waals surface area contributed by atoms with Crippen LogP contribution >= 0.6 is 0 Å². The van der Waals surface area contributed by atoms with Crippen LogP contribution in [0.3, 0.4) is 0 Å². The van der Waals surface area contributed by atoms with Crippen molar-refractivity contribution in [1.29, 1.82) is 0 Å². The summed E-state index contributed by atoms with van der Waals surface area (Å²) in [7, 11) is 0. The molecule has 4 aliphatic heterocycles. The summed E-state index contributed by atoms with van der Waals surface area (Å²) < 4.78 is 22.9. The lowest BCUT2D eigenvalue weighted by atomic mass is 9.51. The number of carbonyl (C=O) groups is 3. The van der Waals surface area contributed by atoms with Gasteiger partial charge in [-0.3, -0.25) is 4.79 Å². The van der Waals surface area contributed by atoms with E-state index >= 15 is 0 Å². The molecule has 10 atom stereocenters. The van der Waals surface area contributed by atoms with E-state index in [1.807, 2.05) is 20.8 Å². The number of carbonyl (C=O) groups excluding carboxylic acids is 3. The molecule has 2 spiro atoms. The van der Waals surface area contributed by atoms with Gasteiger partial charge in [0.05, 0.1) is 16.7 Å². The summed E-state index contributed by atoms with van der Waals surface area (Å²) in [5.41, 5.74) is -6.81. The average molecular weight is 408 g/mol. The van der Waals surface area contributed by atoms with E-state index in [1.165, 1.54) is 6.92 Å². The van der Waals surface area contributed by atoms with Gasteiger partial charge in [-0.25, -0.2) is 9.59 Å². The van der Waals surface area contributed by atoms with E-state index in [0.29, 0.717) is 6.42 Å². The Morgan fingerprint density at radius 3 is 2.38 bits per heavy atom. The van der Waals surface area contributed by atoms with Crippen molar-refractivity contribution in [2.75, 3.05) is 0 Å². The minimum Gasteiger partial charge on any atom is -0.459 e. The van der Waals surface area contributed by atoms with Crippen LogP contribution in [0.4, 0.5) is 0 Å². The van der Waals surface area contributed by atoms with Crippen LogP contribution < -0.4 is 0 Å². The van der Waals surface area contributed by atoms with Gasteiger partial charge in [-0.05, 0) is 24.7 Å². The first kappa shape index (κ1) is 18.1. The predicted molar refractivity (Wildman–Crippen MR) is 90.6 cm³/mol. The van der Waals surface area contributed by atoms with Gasteiger partial charge in [-0.2, -0.15) is 0 Å². The highest BCUT2D eigenvalue weighted by Crippen LogP contribution is 2.84. The minimum atomic E-state index is -1.97. The Morgan fingerprint density at radius 1 is 1.03 bits per heavy atom. The molecule has 9 heteroatoms. The molecular weight excluding hydrogens is 384 g/mol. The van der Waals surface area contributed by atoms with Crippen molar-refractivity contribution in [2.45, 2.75) is 76.3 Å². The molecule has 2 aliphatic carbocycles. The Labute approximate surface area is 166 Å². The van der Waals surface area contributed by atoms with Crippen LogP contribution in [0.2, 0.25) is 0 Å². The maximum atomic E-state index is 13.3. The molecule has 0 aromatic carbocycles. The van der Waals surface area contributed by atoms with E-state index in [1.54, 1.807) is 0 Å². The zero-order valence-electron chi connectivity index (χ0n) is 16.6. The van der Waals surface area contributed by atoms with Crippen LogP contribution in [0, 0.1) is 28.1 Å². The van der Waals surface area contributed by atoms with Crippen molar-refractivity contribution >= 4 is 17.9 Å². The van der Waals surface area contributed by atoms with Crippen LogP contribution in [0.1, 0.15) is 40.5 Å². The topological polar surface area (TPSA) is 129 Å². The second-order valence-corrected chi connectivity index (χ2v) is 10.6. The van der Waals surface area contributed by atoms with Gasteiger partial charge in [0.2, 0.25) is 11.9 Å². The number of hydrogen-bond donors (Lipinski definition) is 2. The number of esters is 3. The number of rotatable bonds is 0. The Bertz CT molecular complexity index is 893. The Balaban J connectivity index is 1.68. The largest absolute Gasteiger partial charge is 0.459 e. The highest BCUT2D eigenvalue weighted by Gasteiger charge is 3.01. The summed E-state index contributed by atoms with van der Waals surface area (Å²) in [6.45, 7) is 7.47. The molecule has 4 saturated heterocycles. The fraction of sp³-hybridized carbons (Fsp3) is 0.850. The third-order valence-corrected chi connectivity index (χ3v) is 8.97. The van der Waals surface area contributed by atoms with Crippen molar-refractivity contribution in [3.8, 4) is 0 Å². The van der Waals surface area contributed by atoms with E-state index in [-0.39, 0.29) is 17.8 Å². The number of aliphatic hydroxyl groups excluding tert-OH is 1. The summed E-state index contributed by atoms with van der Waals surface area (Å²) in [5.74, 6) is -3.52. The molecule has 0 bridgehead atoms. The van der Waals surface area contributed by atoms with Gasteiger partial charge in [0.25, 0.3) is 0 Å². The lowest BCUT2D eigenvalue weighted by Crippen LogP contribution is -2.66. The molecule has 4 heterocycles. The third-order valence-electron chi connectivity index (χ3n) is 8.97. The van der Waals surface area contributed by atoms with Crippen LogP contribution in [0.25, 0.3) is 0 Å². The maximum absolute atomic E-state index is 13.3. The van der Waals surface area contributed by atoms with E-state index in [9.17, 15) is 24.6 Å². The van der Waals surface area contributed by atoms with Crippen LogP contribution in [0.15, 0.2) is 0 Å². The smallest absolute Gasteiger partial charge is 0.342 e. The van der Waals surface area contributed by atoms with Gasteiger partial charge in [0.1, 0.15) is 12.2 Å². The van der Waals surface area contributed by atoms with Crippen LogP contribution in [-0.2, 0) is 33.3 Å². The number of ether oxygens (including phenoxy) is 4. The fourth-order valence-electron chi connectivity index (χ4n) is 8.06. The first-order valence-corrected chi connectivity index (χ1v) is 10.1. The molecule has 2 N–H and O–H groups in total. The van der Waals surface area contributed by atoms with Gasteiger partial charge < -0.3 is 29.2 Å². The Morgan fingerprint density at radius 2 is 1.72 bits per heavy atom. The minimum absolute atomic E-state index is 0.0623. The number of hydrogen-bond acceptors (Lipinski definition) is 9. The molecule has 2 unspecified atom stereocenters. The van der Waals surface area contributed by atoms with Gasteiger partial charge in [0, 0.05) is 6.42 Å². The lowest BCUT2D eigenvalue weighted by molar-refractivity contribution is -0.238. The summed E-state index contributed by atoms with van der Waals surface area (Å²) >= 11 is 0. The average Bonchev–Trinajstić information content (AvgIpc) is 3.31. The summed E-state index contributed by atoms with van der Waals surface area (Å²) in [6.07, 6.45) is -3.96. The molecular formula is C20H24O9. The second-order valence-electron chi connectivity index (χ2n) is 10.6. The number of fused-ring (bicyclic) bond motifs is 1. The predicted octanol–water partition coefficient (Wildman–Crippen LogP) is -0.340. The highest BCUT2D eigenvalue weighted by atomic mass is 16.8. The Hall–Kier alpha value is -1.71. The summed E-state index contributed by atoms with van der Waals surface area (Å²) in [6, 6.07) is 0. The molecule has 0 aromatic heterocycles. The van der Waals surface area contributed by atoms with E-state index in [0.717, 1.165) is 0 Å². The molecule has 0 radical (unpaired) electrons. The van der Waals surface area contributed by atoms with E-state index in [2.05, 4.69) is 0 Å². The van der Waals surface area contributed by atoms with Crippen molar-refractivity contribution in [3.05, 3.63) is 0 Å². The Kier molecular flexibility index (Phi) is 2.79. The van der Waals surface area contributed by atoms with Crippen molar-refractivity contribution in [2.24, 2.45) is 28.1 Å². The standard InChI is InChI=1S/C20H24O9/c1-7-12(22)26-10-6-17-9-5-8(16(2,3)4)18(17)11(21)13(23)28-15(18)29-20(17,14(24)27-9)19(7,10)25/h7-11,15,21,25H,5-6H2,1-4H3/t7-,8+,9-,10+,11+,15-,17?,18?,19-,20-/m1/s1. The molecule has 9 nitrogen and oxygen atoms in total. The maximum Gasteiger partial charge on any atom is 0.342 e. The highest BCUT2D eigenvalue weighted by molar-refractivity contribution is 5.93. The molecule has 0 aromatic rings. The summed E-state index contributed by atoms with van der Waals surface area (Å²) in [4.78, 5) is 38.1. The third kappa shape index (κ3) is 1.35. The second kappa shape index (κ2) is 4.48.